The second-order valence-electron chi connectivity index (χ2n) is 4.62. The molecule has 0 heterocycles. The third-order valence-electron chi connectivity index (χ3n) is 3.05. The van der Waals surface area contributed by atoms with Crippen molar-refractivity contribution in [2.75, 3.05) is 6.61 Å². The molecular weight excluding hydrogens is 266 g/mol. The van der Waals surface area contributed by atoms with Crippen molar-refractivity contribution in [3.8, 4) is 5.75 Å². The molecule has 0 saturated carbocycles. The highest BCUT2D eigenvalue weighted by Crippen LogP contribution is 2.12. The normalized spacial score (nSPS) is 10.2. The molecule has 2 aromatic rings. The lowest BCUT2D eigenvalue weighted by Gasteiger charge is -2.08. The fourth-order valence-electron chi connectivity index (χ4n) is 1.99. The fourth-order valence-corrected chi connectivity index (χ4v) is 1.99. The van der Waals surface area contributed by atoms with Crippen molar-refractivity contribution in [3.63, 3.8) is 0 Å². The molecule has 4 nitrogen and oxygen atoms in total. The largest absolute Gasteiger partial charge is 0.494 e. The minimum absolute atomic E-state index is 0.000672. The first-order valence-corrected chi connectivity index (χ1v) is 6.92. The molecule has 0 radical (unpaired) electrons. The van der Waals surface area contributed by atoms with Gasteiger partial charge in [0.2, 0.25) is 0 Å². The number of amides is 1. The van der Waals surface area contributed by atoms with Gasteiger partial charge in [-0.2, -0.15) is 0 Å². The van der Waals surface area contributed by atoms with Gasteiger partial charge in [0.15, 0.2) is 0 Å². The number of ether oxygens (including phenoxy) is 1. The average Bonchev–Trinajstić information content (AvgIpc) is 2.54. The fraction of sp³-hybridized carbons (Fsp3) is 0.235. The molecule has 0 aliphatic rings. The SMILES string of the molecule is CCOc1ccc(C(=O)NCc2cccc(CO)c2)cc1. The molecule has 0 aromatic heterocycles. The van der Waals surface area contributed by atoms with Crippen LogP contribution in [0.4, 0.5) is 0 Å². The third-order valence-corrected chi connectivity index (χ3v) is 3.05. The summed E-state index contributed by atoms with van der Waals surface area (Å²) < 4.78 is 5.34. The number of carbonyl (C=O) groups is 1. The predicted octanol–water partition coefficient (Wildman–Crippen LogP) is 2.51. The van der Waals surface area contributed by atoms with E-state index in [0.717, 1.165) is 16.9 Å². The molecule has 21 heavy (non-hydrogen) atoms. The van der Waals surface area contributed by atoms with E-state index in [1.165, 1.54) is 0 Å². The van der Waals surface area contributed by atoms with Gasteiger partial charge in [0.05, 0.1) is 13.2 Å². The van der Waals surface area contributed by atoms with Gasteiger partial charge >= 0.3 is 0 Å². The van der Waals surface area contributed by atoms with Crippen LogP contribution in [0.15, 0.2) is 48.5 Å². The van der Waals surface area contributed by atoms with Gasteiger partial charge in [0, 0.05) is 12.1 Å². The highest BCUT2D eigenvalue weighted by Gasteiger charge is 2.05. The number of hydrogen-bond donors (Lipinski definition) is 2. The molecule has 0 aliphatic carbocycles. The van der Waals surface area contributed by atoms with Gasteiger partial charge in [-0.15, -0.1) is 0 Å². The average molecular weight is 285 g/mol. The summed E-state index contributed by atoms with van der Waals surface area (Å²) >= 11 is 0. The van der Waals surface area contributed by atoms with E-state index in [-0.39, 0.29) is 12.5 Å². The minimum atomic E-state index is -0.132. The lowest BCUT2D eigenvalue weighted by atomic mass is 10.1. The molecule has 2 rings (SSSR count). The maximum atomic E-state index is 12.0. The van der Waals surface area contributed by atoms with E-state index in [2.05, 4.69) is 5.32 Å². The van der Waals surface area contributed by atoms with Gasteiger partial charge in [-0.1, -0.05) is 24.3 Å². The molecule has 0 aliphatic heterocycles. The number of nitrogens with one attached hydrogen (secondary N) is 1. The van der Waals surface area contributed by atoms with E-state index >= 15 is 0 Å². The molecule has 2 aromatic carbocycles. The van der Waals surface area contributed by atoms with Crippen LogP contribution in [-0.2, 0) is 13.2 Å². The Bertz CT molecular complexity index is 593. The third kappa shape index (κ3) is 4.33. The Hall–Kier alpha value is -2.33. The zero-order valence-electron chi connectivity index (χ0n) is 12.0. The van der Waals surface area contributed by atoms with E-state index < -0.39 is 0 Å². The van der Waals surface area contributed by atoms with E-state index in [1.807, 2.05) is 31.2 Å². The van der Waals surface area contributed by atoms with Crippen molar-refractivity contribution >= 4 is 5.91 Å². The van der Waals surface area contributed by atoms with Gasteiger partial charge in [0.25, 0.3) is 5.91 Å². The van der Waals surface area contributed by atoms with Crippen molar-refractivity contribution in [1.82, 2.24) is 5.32 Å². The standard InChI is InChI=1S/C17H19NO3/c1-2-21-16-8-6-15(7-9-16)17(20)18-11-13-4-3-5-14(10-13)12-19/h3-10,19H,2,11-12H2,1H3,(H,18,20). The highest BCUT2D eigenvalue weighted by molar-refractivity contribution is 5.94. The lowest BCUT2D eigenvalue weighted by molar-refractivity contribution is 0.0951. The van der Waals surface area contributed by atoms with Crippen molar-refractivity contribution in [2.24, 2.45) is 0 Å². The maximum absolute atomic E-state index is 12.0. The summed E-state index contributed by atoms with van der Waals surface area (Å²) in [5, 5.41) is 11.9. The van der Waals surface area contributed by atoms with Gasteiger partial charge in [-0.25, -0.2) is 0 Å². The van der Waals surface area contributed by atoms with Crippen molar-refractivity contribution in [1.29, 1.82) is 0 Å². The number of aliphatic hydroxyl groups is 1. The second kappa shape index (κ2) is 7.45. The Kier molecular flexibility index (Phi) is 5.35. The van der Waals surface area contributed by atoms with E-state index in [9.17, 15) is 4.79 Å². The lowest BCUT2D eigenvalue weighted by Crippen LogP contribution is -2.22. The zero-order chi connectivity index (χ0) is 15.1. The van der Waals surface area contributed by atoms with Crippen LogP contribution in [0.5, 0.6) is 5.75 Å². The predicted molar refractivity (Wildman–Crippen MR) is 81.1 cm³/mol. The van der Waals surface area contributed by atoms with Gasteiger partial charge in [-0.05, 0) is 42.3 Å². The molecule has 0 atom stereocenters. The summed E-state index contributed by atoms with van der Waals surface area (Å²) in [5.74, 6) is 0.622. The Morgan fingerprint density at radius 1 is 1.14 bits per heavy atom. The van der Waals surface area contributed by atoms with Gasteiger partial charge < -0.3 is 15.2 Å². The number of carbonyl (C=O) groups excluding carboxylic acids is 1. The molecule has 2 N–H and O–H groups in total. The van der Waals surface area contributed by atoms with E-state index in [0.29, 0.717) is 18.7 Å². The van der Waals surface area contributed by atoms with Crippen LogP contribution >= 0.6 is 0 Å². The minimum Gasteiger partial charge on any atom is -0.494 e. The smallest absolute Gasteiger partial charge is 0.251 e. The van der Waals surface area contributed by atoms with Crippen LogP contribution in [0.1, 0.15) is 28.4 Å². The van der Waals surface area contributed by atoms with Crippen LogP contribution in [0.2, 0.25) is 0 Å². The first kappa shape index (κ1) is 15.1. The van der Waals surface area contributed by atoms with Crippen molar-refractivity contribution in [3.05, 3.63) is 65.2 Å². The molecule has 0 saturated heterocycles. The Morgan fingerprint density at radius 2 is 1.86 bits per heavy atom. The highest BCUT2D eigenvalue weighted by atomic mass is 16.5. The van der Waals surface area contributed by atoms with Crippen LogP contribution in [0.3, 0.4) is 0 Å². The van der Waals surface area contributed by atoms with Crippen molar-refractivity contribution < 1.29 is 14.6 Å². The molecule has 110 valence electrons. The summed E-state index contributed by atoms with van der Waals surface area (Å²) in [5.41, 5.74) is 2.39. The first-order valence-electron chi connectivity index (χ1n) is 6.92. The summed E-state index contributed by atoms with van der Waals surface area (Å²) in [6.45, 7) is 2.95. The van der Waals surface area contributed by atoms with E-state index in [1.54, 1.807) is 24.3 Å². The molecule has 0 bridgehead atoms. The molecule has 0 unspecified atom stereocenters. The number of benzene rings is 2. The first-order chi connectivity index (χ1) is 10.2. The maximum Gasteiger partial charge on any atom is 0.251 e. The summed E-state index contributed by atoms with van der Waals surface area (Å²) in [6.07, 6.45) is 0. The topological polar surface area (TPSA) is 58.6 Å². The number of hydrogen-bond acceptors (Lipinski definition) is 3. The van der Waals surface area contributed by atoms with Crippen LogP contribution in [-0.4, -0.2) is 17.6 Å². The second-order valence-corrected chi connectivity index (χ2v) is 4.62. The number of rotatable bonds is 6. The van der Waals surface area contributed by atoms with Crippen LogP contribution < -0.4 is 10.1 Å². The van der Waals surface area contributed by atoms with E-state index in [4.69, 9.17) is 9.84 Å². The summed E-state index contributed by atoms with van der Waals surface area (Å²) in [6, 6.07) is 14.5. The molecule has 4 heteroatoms. The van der Waals surface area contributed by atoms with Crippen LogP contribution in [0, 0.1) is 0 Å². The summed E-state index contributed by atoms with van der Waals surface area (Å²) in [4.78, 5) is 12.0. The Balaban J connectivity index is 1.94. The molecular formula is C17H19NO3. The molecule has 0 spiro atoms. The monoisotopic (exact) mass is 285 g/mol. The van der Waals surface area contributed by atoms with Gasteiger partial charge in [0.1, 0.15) is 5.75 Å². The van der Waals surface area contributed by atoms with Crippen molar-refractivity contribution in [2.45, 2.75) is 20.1 Å². The molecule has 0 fully saturated rings. The zero-order valence-corrected chi connectivity index (χ0v) is 12.0. The number of aliphatic hydroxyl groups excluding tert-OH is 1. The van der Waals surface area contributed by atoms with Gasteiger partial charge in [-0.3, -0.25) is 4.79 Å². The molecule has 1 amide bonds. The Labute approximate surface area is 124 Å². The summed E-state index contributed by atoms with van der Waals surface area (Å²) in [7, 11) is 0. The quantitative estimate of drug-likeness (QED) is 0.857. The van der Waals surface area contributed by atoms with Crippen LogP contribution in [0.25, 0.3) is 0 Å². The Morgan fingerprint density at radius 3 is 2.52 bits per heavy atom.